The molecule has 0 aliphatic rings. The van der Waals surface area contributed by atoms with Gasteiger partial charge in [0, 0.05) is 23.5 Å². The first-order valence-electron chi connectivity index (χ1n) is 5.71. The van der Waals surface area contributed by atoms with Crippen molar-refractivity contribution < 1.29 is 4.39 Å². The molecule has 0 aliphatic carbocycles. The van der Waals surface area contributed by atoms with Gasteiger partial charge in [-0.3, -0.25) is 0 Å². The average molecular weight is 233 g/mol. The highest BCUT2D eigenvalue weighted by molar-refractivity contribution is 5.81. The Kier molecular flexibility index (Phi) is 3.33. The quantitative estimate of drug-likeness (QED) is 0.883. The van der Waals surface area contributed by atoms with E-state index in [1.165, 1.54) is 6.07 Å². The lowest BCUT2D eigenvalue weighted by molar-refractivity contribution is 0.589. The molecule has 1 unspecified atom stereocenters. The van der Waals surface area contributed by atoms with Crippen LogP contribution in [0.2, 0.25) is 0 Å². The number of rotatable bonds is 3. The van der Waals surface area contributed by atoms with Gasteiger partial charge in [0.2, 0.25) is 0 Å². The van der Waals surface area contributed by atoms with E-state index in [9.17, 15) is 4.39 Å². The molecule has 2 aromatic rings. The van der Waals surface area contributed by atoms with Gasteiger partial charge in [0.05, 0.1) is 0 Å². The van der Waals surface area contributed by atoms with Gasteiger partial charge in [-0.05, 0) is 27.0 Å². The van der Waals surface area contributed by atoms with Gasteiger partial charge in [0.1, 0.15) is 17.2 Å². The number of aromatic nitrogens is 2. The van der Waals surface area contributed by atoms with Crippen molar-refractivity contribution in [2.45, 2.75) is 26.3 Å². The summed E-state index contributed by atoms with van der Waals surface area (Å²) >= 11 is 0. The summed E-state index contributed by atoms with van der Waals surface area (Å²) in [6.45, 7) is 3.93. The number of likely N-dealkylation sites (N-methyl/N-ethyl adjacent to an activating group) is 1. The number of fused-ring (bicyclic) bond motifs is 1. The maximum atomic E-state index is 13.7. The molecule has 0 fully saturated rings. The highest BCUT2D eigenvalue weighted by Gasteiger charge is 2.10. The smallest absolute Gasteiger partial charge is 0.149 e. The van der Waals surface area contributed by atoms with Crippen LogP contribution in [0.4, 0.5) is 4.39 Å². The van der Waals surface area contributed by atoms with E-state index in [-0.39, 0.29) is 11.9 Å². The third-order valence-corrected chi connectivity index (χ3v) is 2.90. The van der Waals surface area contributed by atoms with Crippen LogP contribution in [0.1, 0.15) is 18.4 Å². The number of nitrogens with zero attached hydrogens (tertiary/aromatic N) is 2. The van der Waals surface area contributed by atoms with Crippen LogP contribution >= 0.6 is 0 Å². The first kappa shape index (κ1) is 11.9. The molecule has 0 amide bonds. The van der Waals surface area contributed by atoms with E-state index >= 15 is 0 Å². The Morgan fingerprint density at radius 1 is 1.35 bits per heavy atom. The van der Waals surface area contributed by atoms with Crippen LogP contribution in [0.3, 0.4) is 0 Å². The van der Waals surface area contributed by atoms with Gasteiger partial charge in [-0.25, -0.2) is 14.4 Å². The molecule has 0 saturated heterocycles. The van der Waals surface area contributed by atoms with Gasteiger partial charge >= 0.3 is 0 Å². The standard InChI is InChI=1S/C13H16FN3/c1-8(15-3)7-12-16-9(2)10-5-4-6-11(14)13(10)17-12/h4-6,8,15H,7H2,1-3H3. The molecule has 2 rings (SSSR count). The third-order valence-electron chi connectivity index (χ3n) is 2.90. The van der Waals surface area contributed by atoms with Gasteiger partial charge in [0.25, 0.3) is 0 Å². The van der Waals surface area contributed by atoms with E-state index in [1.807, 2.05) is 27.0 Å². The number of aryl methyl sites for hydroxylation is 1. The zero-order chi connectivity index (χ0) is 12.4. The topological polar surface area (TPSA) is 37.8 Å². The number of halogens is 1. The first-order chi connectivity index (χ1) is 8.11. The zero-order valence-corrected chi connectivity index (χ0v) is 10.3. The summed E-state index contributed by atoms with van der Waals surface area (Å²) < 4.78 is 13.7. The van der Waals surface area contributed by atoms with Crippen LogP contribution in [0.15, 0.2) is 18.2 Å². The van der Waals surface area contributed by atoms with Gasteiger partial charge in [-0.15, -0.1) is 0 Å². The number of hydrogen-bond acceptors (Lipinski definition) is 3. The molecule has 0 aliphatic heterocycles. The average Bonchev–Trinajstić information content (AvgIpc) is 2.30. The second-order valence-corrected chi connectivity index (χ2v) is 4.26. The number of hydrogen-bond donors (Lipinski definition) is 1. The Labute approximate surface area is 100 Å². The van der Waals surface area contributed by atoms with E-state index in [0.29, 0.717) is 17.8 Å². The Morgan fingerprint density at radius 2 is 2.12 bits per heavy atom. The largest absolute Gasteiger partial charge is 0.317 e. The lowest BCUT2D eigenvalue weighted by atomic mass is 10.1. The van der Waals surface area contributed by atoms with Gasteiger partial charge in [0.15, 0.2) is 0 Å². The second-order valence-electron chi connectivity index (χ2n) is 4.26. The maximum Gasteiger partial charge on any atom is 0.149 e. The predicted octanol–water partition coefficient (Wildman–Crippen LogP) is 2.23. The lowest BCUT2D eigenvalue weighted by Crippen LogP contribution is -2.24. The molecule has 4 heteroatoms. The maximum absolute atomic E-state index is 13.7. The first-order valence-corrected chi connectivity index (χ1v) is 5.71. The minimum absolute atomic E-state index is 0.277. The van der Waals surface area contributed by atoms with Crippen LogP contribution in [0, 0.1) is 12.7 Å². The molecule has 1 N–H and O–H groups in total. The second kappa shape index (κ2) is 4.75. The van der Waals surface area contributed by atoms with Crippen LogP contribution in [-0.2, 0) is 6.42 Å². The Balaban J connectivity index is 2.50. The summed E-state index contributed by atoms with van der Waals surface area (Å²) in [5, 5.41) is 3.90. The molecule has 3 nitrogen and oxygen atoms in total. The highest BCUT2D eigenvalue weighted by atomic mass is 19.1. The summed E-state index contributed by atoms with van der Waals surface area (Å²) in [6, 6.07) is 5.24. The number of nitrogens with one attached hydrogen (secondary N) is 1. The molecule has 0 bridgehead atoms. The molecule has 0 radical (unpaired) electrons. The van der Waals surface area contributed by atoms with Crippen molar-refractivity contribution in [3.63, 3.8) is 0 Å². The molecular weight excluding hydrogens is 217 g/mol. The van der Waals surface area contributed by atoms with E-state index in [2.05, 4.69) is 15.3 Å². The summed E-state index contributed by atoms with van der Waals surface area (Å²) in [6.07, 6.45) is 0.696. The van der Waals surface area contributed by atoms with Gasteiger partial charge in [-0.2, -0.15) is 0 Å². The van der Waals surface area contributed by atoms with Gasteiger partial charge < -0.3 is 5.32 Å². The lowest BCUT2D eigenvalue weighted by Gasteiger charge is -2.10. The van der Waals surface area contributed by atoms with Crippen LogP contribution in [-0.4, -0.2) is 23.1 Å². The van der Waals surface area contributed by atoms with Crippen LogP contribution in [0.5, 0.6) is 0 Å². The SMILES string of the molecule is CNC(C)Cc1nc(C)c2cccc(F)c2n1. The zero-order valence-electron chi connectivity index (χ0n) is 10.3. The van der Waals surface area contributed by atoms with Gasteiger partial charge in [-0.1, -0.05) is 12.1 Å². The summed E-state index contributed by atoms with van der Waals surface area (Å²) in [5.41, 5.74) is 1.24. The van der Waals surface area contributed by atoms with Crippen molar-refractivity contribution in [2.24, 2.45) is 0 Å². The fourth-order valence-corrected chi connectivity index (χ4v) is 1.80. The molecule has 1 heterocycles. The third kappa shape index (κ3) is 2.42. The molecule has 1 atom stereocenters. The Morgan fingerprint density at radius 3 is 2.82 bits per heavy atom. The molecule has 0 saturated carbocycles. The van der Waals surface area contributed by atoms with E-state index in [4.69, 9.17) is 0 Å². The van der Waals surface area contributed by atoms with Crippen molar-refractivity contribution in [1.29, 1.82) is 0 Å². The summed E-state index contributed by atoms with van der Waals surface area (Å²) in [5.74, 6) is 0.397. The number of benzene rings is 1. The molecule has 0 spiro atoms. The fourth-order valence-electron chi connectivity index (χ4n) is 1.80. The molecule has 1 aromatic carbocycles. The summed E-state index contributed by atoms with van der Waals surface area (Å²) in [4.78, 5) is 8.71. The highest BCUT2D eigenvalue weighted by Crippen LogP contribution is 2.18. The molecule has 17 heavy (non-hydrogen) atoms. The molecular formula is C13H16FN3. The minimum Gasteiger partial charge on any atom is -0.317 e. The van der Waals surface area contributed by atoms with Crippen molar-refractivity contribution in [1.82, 2.24) is 15.3 Å². The van der Waals surface area contributed by atoms with Crippen molar-refractivity contribution in [2.75, 3.05) is 7.05 Å². The fraction of sp³-hybridized carbons (Fsp3) is 0.385. The van der Waals surface area contributed by atoms with E-state index in [1.54, 1.807) is 6.07 Å². The van der Waals surface area contributed by atoms with Crippen LogP contribution in [0.25, 0.3) is 10.9 Å². The summed E-state index contributed by atoms with van der Waals surface area (Å²) in [7, 11) is 1.89. The normalized spacial score (nSPS) is 12.9. The van der Waals surface area contributed by atoms with E-state index < -0.39 is 0 Å². The minimum atomic E-state index is -0.286. The van der Waals surface area contributed by atoms with E-state index in [0.717, 1.165) is 11.1 Å². The van der Waals surface area contributed by atoms with Crippen molar-refractivity contribution in [3.05, 3.63) is 35.5 Å². The number of para-hydroxylation sites is 1. The Bertz CT molecular complexity index is 539. The molecule has 90 valence electrons. The van der Waals surface area contributed by atoms with Crippen molar-refractivity contribution >= 4 is 10.9 Å². The predicted molar refractivity (Wildman–Crippen MR) is 66.5 cm³/mol. The Hall–Kier alpha value is -1.55. The monoisotopic (exact) mass is 233 g/mol. The van der Waals surface area contributed by atoms with Crippen LogP contribution < -0.4 is 5.32 Å². The van der Waals surface area contributed by atoms with Crippen molar-refractivity contribution in [3.8, 4) is 0 Å². The molecule has 1 aromatic heterocycles.